The van der Waals surface area contributed by atoms with Gasteiger partial charge in [0, 0.05) is 22.7 Å². The Kier molecular flexibility index (Phi) is 4.59. The third-order valence-corrected chi connectivity index (χ3v) is 5.40. The normalized spacial score (nSPS) is 17.4. The average molecular weight is 400 g/mol. The summed E-state index contributed by atoms with van der Waals surface area (Å²) in [5.74, 6) is -0.552. The maximum Gasteiger partial charge on any atom is 0.248 e. The van der Waals surface area contributed by atoms with Crippen LogP contribution in [0.5, 0.6) is 0 Å². The number of nitriles is 1. The molecule has 1 aliphatic carbocycles. The molecular formula is C22H20N6O2. The summed E-state index contributed by atoms with van der Waals surface area (Å²) in [6, 6.07) is 9.26. The smallest absolute Gasteiger partial charge is 0.248 e. The number of nitrogens with two attached hydrogens (primary N) is 2. The number of primary amides is 1. The Balaban J connectivity index is 1.74. The molecular weight excluding hydrogens is 380 g/mol. The summed E-state index contributed by atoms with van der Waals surface area (Å²) in [5, 5.41) is 13.1. The lowest BCUT2D eigenvalue weighted by Crippen LogP contribution is -2.15. The predicted molar refractivity (Wildman–Crippen MR) is 113 cm³/mol. The number of carbonyl (C=O) groups excluding carboxylic acids is 2. The average Bonchev–Trinajstić information content (AvgIpc) is 3.47. The molecule has 8 nitrogen and oxygen atoms in total. The molecule has 4 rings (SSSR count). The number of nitrogens with one attached hydrogen (secondary N) is 1. The minimum atomic E-state index is -0.507. The zero-order valence-electron chi connectivity index (χ0n) is 16.6. The van der Waals surface area contributed by atoms with Gasteiger partial charge in [0.05, 0.1) is 23.6 Å². The first-order valence-electron chi connectivity index (χ1n) is 9.46. The van der Waals surface area contributed by atoms with Gasteiger partial charge >= 0.3 is 0 Å². The SMILES string of the molecule is Cc1cc(C)c(-c2cc3cc(NC(=O)[C@@H]4C[C@H]4C#N)ncc3c(N)n2)cc1C(N)=O. The van der Waals surface area contributed by atoms with Crippen LogP contribution in [0, 0.1) is 37.0 Å². The Labute approximate surface area is 172 Å². The number of pyridine rings is 2. The summed E-state index contributed by atoms with van der Waals surface area (Å²) < 4.78 is 0. The van der Waals surface area contributed by atoms with Crippen molar-refractivity contribution in [3.05, 3.63) is 47.2 Å². The predicted octanol–water partition coefficient (Wildman–Crippen LogP) is 2.69. The fourth-order valence-corrected chi connectivity index (χ4v) is 3.62. The van der Waals surface area contributed by atoms with Gasteiger partial charge < -0.3 is 16.8 Å². The molecule has 0 bridgehead atoms. The van der Waals surface area contributed by atoms with E-state index in [4.69, 9.17) is 16.7 Å². The van der Waals surface area contributed by atoms with Gasteiger partial charge in [-0.3, -0.25) is 9.59 Å². The fraction of sp³-hybridized carbons (Fsp3) is 0.227. The van der Waals surface area contributed by atoms with Crippen LogP contribution < -0.4 is 16.8 Å². The van der Waals surface area contributed by atoms with Gasteiger partial charge in [-0.05, 0) is 55.0 Å². The molecule has 1 fully saturated rings. The van der Waals surface area contributed by atoms with Crippen LogP contribution in [0.2, 0.25) is 0 Å². The molecule has 0 aliphatic heterocycles. The first kappa shape index (κ1) is 19.3. The highest BCUT2D eigenvalue weighted by atomic mass is 16.2. The van der Waals surface area contributed by atoms with E-state index in [0.717, 1.165) is 22.1 Å². The summed E-state index contributed by atoms with van der Waals surface area (Å²) in [7, 11) is 0. The van der Waals surface area contributed by atoms with Crippen LogP contribution in [0.4, 0.5) is 11.6 Å². The second-order valence-corrected chi connectivity index (χ2v) is 7.60. The number of rotatable bonds is 4. The van der Waals surface area contributed by atoms with Crippen molar-refractivity contribution in [3.8, 4) is 17.3 Å². The molecule has 2 heterocycles. The number of aryl methyl sites for hydroxylation is 2. The zero-order valence-corrected chi connectivity index (χ0v) is 16.6. The number of nitrogens with zero attached hydrogens (tertiary/aromatic N) is 3. The first-order valence-corrected chi connectivity index (χ1v) is 9.46. The third-order valence-electron chi connectivity index (χ3n) is 5.40. The number of aromatic nitrogens is 2. The monoisotopic (exact) mass is 400 g/mol. The molecule has 0 radical (unpaired) electrons. The standard InChI is InChI=1S/C22H20N6O2/c1-10-3-11(2)15(21(25)29)7-14(10)18-5-12-6-19(26-9-17(12)20(24)27-18)28-22(30)16-4-13(16)8-23/h3,5-7,9,13,16H,4H2,1-2H3,(H2,24,27)(H2,25,29)(H,26,28,30)/t13-,16+/m0/s1. The van der Waals surface area contributed by atoms with Crippen LogP contribution in [-0.2, 0) is 4.79 Å². The van der Waals surface area contributed by atoms with E-state index in [-0.39, 0.29) is 17.7 Å². The van der Waals surface area contributed by atoms with Crippen molar-refractivity contribution in [2.45, 2.75) is 20.3 Å². The second kappa shape index (κ2) is 7.12. The van der Waals surface area contributed by atoms with E-state index in [1.807, 2.05) is 26.0 Å². The van der Waals surface area contributed by atoms with E-state index < -0.39 is 5.91 Å². The molecule has 0 spiro atoms. The first-order chi connectivity index (χ1) is 14.3. The van der Waals surface area contributed by atoms with E-state index in [9.17, 15) is 9.59 Å². The Morgan fingerprint density at radius 1 is 1.20 bits per heavy atom. The van der Waals surface area contributed by atoms with Gasteiger partial charge in [-0.2, -0.15) is 5.26 Å². The molecule has 1 saturated carbocycles. The van der Waals surface area contributed by atoms with Crippen molar-refractivity contribution in [3.63, 3.8) is 0 Å². The van der Waals surface area contributed by atoms with E-state index in [1.54, 1.807) is 18.3 Å². The van der Waals surface area contributed by atoms with E-state index >= 15 is 0 Å². The van der Waals surface area contributed by atoms with Crippen LogP contribution in [0.1, 0.15) is 27.9 Å². The fourth-order valence-electron chi connectivity index (χ4n) is 3.62. The number of carbonyl (C=O) groups is 2. The highest BCUT2D eigenvalue weighted by Gasteiger charge is 2.43. The number of fused-ring (bicyclic) bond motifs is 1. The maximum absolute atomic E-state index is 12.2. The van der Waals surface area contributed by atoms with Gasteiger partial charge in [0.15, 0.2) is 0 Å². The molecule has 1 aromatic carbocycles. The molecule has 30 heavy (non-hydrogen) atoms. The number of benzene rings is 1. The topological polar surface area (TPSA) is 148 Å². The van der Waals surface area contributed by atoms with Crippen molar-refractivity contribution in [1.29, 1.82) is 5.26 Å². The summed E-state index contributed by atoms with van der Waals surface area (Å²) in [5.41, 5.74) is 15.1. The molecule has 0 unspecified atom stereocenters. The van der Waals surface area contributed by atoms with Crippen LogP contribution >= 0.6 is 0 Å². The van der Waals surface area contributed by atoms with Gasteiger partial charge in [0.25, 0.3) is 0 Å². The van der Waals surface area contributed by atoms with Crippen LogP contribution in [-0.4, -0.2) is 21.8 Å². The molecule has 0 saturated heterocycles. The Bertz CT molecular complexity index is 1260. The minimum Gasteiger partial charge on any atom is -0.383 e. The highest BCUT2D eigenvalue weighted by molar-refractivity contribution is 5.99. The van der Waals surface area contributed by atoms with Crippen molar-refractivity contribution < 1.29 is 9.59 Å². The van der Waals surface area contributed by atoms with Crippen LogP contribution in [0.15, 0.2) is 30.5 Å². The zero-order chi connectivity index (χ0) is 21.6. The summed E-state index contributed by atoms with van der Waals surface area (Å²) in [4.78, 5) is 32.7. The van der Waals surface area contributed by atoms with Gasteiger partial charge in [-0.15, -0.1) is 0 Å². The largest absolute Gasteiger partial charge is 0.383 e. The minimum absolute atomic E-state index is 0.212. The Morgan fingerprint density at radius 2 is 1.97 bits per heavy atom. The number of nitrogen functional groups attached to an aromatic ring is 1. The van der Waals surface area contributed by atoms with Crippen molar-refractivity contribution in [1.82, 2.24) is 9.97 Å². The molecule has 8 heteroatoms. The molecule has 3 aromatic rings. The summed E-state index contributed by atoms with van der Waals surface area (Å²) >= 11 is 0. The van der Waals surface area contributed by atoms with E-state index in [0.29, 0.717) is 34.7 Å². The third kappa shape index (κ3) is 3.42. The molecule has 1 aliphatic rings. The molecule has 2 amide bonds. The summed E-state index contributed by atoms with van der Waals surface area (Å²) in [6.45, 7) is 3.76. The lowest BCUT2D eigenvalue weighted by atomic mass is 9.96. The van der Waals surface area contributed by atoms with Crippen molar-refractivity contribution in [2.75, 3.05) is 11.1 Å². The summed E-state index contributed by atoms with van der Waals surface area (Å²) in [6.07, 6.45) is 2.13. The van der Waals surface area contributed by atoms with E-state index in [1.165, 1.54) is 0 Å². The lowest BCUT2D eigenvalue weighted by Gasteiger charge is -2.12. The molecule has 2 aromatic heterocycles. The van der Waals surface area contributed by atoms with E-state index in [2.05, 4.69) is 21.4 Å². The quantitative estimate of drug-likeness (QED) is 0.613. The molecule has 150 valence electrons. The maximum atomic E-state index is 12.2. The number of amides is 2. The van der Waals surface area contributed by atoms with Crippen molar-refractivity contribution >= 4 is 34.2 Å². The number of hydrogen-bond donors (Lipinski definition) is 3. The van der Waals surface area contributed by atoms with Gasteiger partial charge in [0.2, 0.25) is 11.8 Å². The second-order valence-electron chi connectivity index (χ2n) is 7.60. The van der Waals surface area contributed by atoms with Gasteiger partial charge in [0.1, 0.15) is 11.6 Å². The van der Waals surface area contributed by atoms with Gasteiger partial charge in [-0.1, -0.05) is 6.07 Å². The molecule has 2 atom stereocenters. The highest BCUT2D eigenvalue weighted by Crippen LogP contribution is 2.38. The van der Waals surface area contributed by atoms with Gasteiger partial charge in [-0.25, -0.2) is 9.97 Å². The Hall–Kier alpha value is -3.99. The van der Waals surface area contributed by atoms with Crippen molar-refractivity contribution in [2.24, 2.45) is 17.6 Å². The number of hydrogen-bond acceptors (Lipinski definition) is 6. The lowest BCUT2D eigenvalue weighted by molar-refractivity contribution is -0.117. The Morgan fingerprint density at radius 3 is 2.63 bits per heavy atom. The van der Waals surface area contributed by atoms with Crippen LogP contribution in [0.3, 0.4) is 0 Å². The van der Waals surface area contributed by atoms with Crippen LogP contribution in [0.25, 0.3) is 22.0 Å². The molecule has 5 N–H and O–H groups in total. The number of anilines is 2.